The largest absolute Gasteiger partial charge is 0.481 e. The van der Waals surface area contributed by atoms with E-state index in [9.17, 15) is 4.79 Å². The zero-order valence-corrected chi connectivity index (χ0v) is 15.1. The summed E-state index contributed by atoms with van der Waals surface area (Å²) in [5, 5.41) is 14.8. The lowest BCUT2D eigenvalue weighted by molar-refractivity contribution is -0.138. The van der Waals surface area contributed by atoms with Crippen LogP contribution in [-0.4, -0.2) is 36.1 Å². The van der Waals surface area contributed by atoms with Gasteiger partial charge in [0.1, 0.15) is 6.73 Å². The number of fused-ring (bicyclic) bond motifs is 1. The Bertz CT molecular complexity index is 820. The normalized spacial score (nSPS) is 14.4. The quantitative estimate of drug-likeness (QED) is 0.469. The third-order valence-corrected chi connectivity index (χ3v) is 4.49. The molecular weight excluding hydrogens is 330 g/mol. The zero-order chi connectivity index (χ0) is 18.5. The summed E-state index contributed by atoms with van der Waals surface area (Å²) in [7, 11) is 1.57. The van der Waals surface area contributed by atoms with Crippen molar-refractivity contribution in [2.75, 3.05) is 18.8 Å². The minimum Gasteiger partial charge on any atom is -0.481 e. The predicted octanol–water partition coefficient (Wildman–Crippen LogP) is 3.35. The number of rotatable bonds is 7. The lowest BCUT2D eigenvalue weighted by Gasteiger charge is -2.18. The number of methoxy groups -OCH3 is 1. The highest BCUT2D eigenvalue weighted by atomic mass is 16.5. The highest BCUT2D eigenvalue weighted by molar-refractivity contribution is 5.88. The average molecular weight is 353 g/mol. The maximum absolute atomic E-state index is 11.0. The van der Waals surface area contributed by atoms with Gasteiger partial charge in [-0.2, -0.15) is 5.10 Å². The Morgan fingerprint density at radius 1 is 1.35 bits per heavy atom. The Hall–Kier alpha value is -2.73. The summed E-state index contributed by atoms with van der Waals surface area (Å²) < 4.78 is 5.20. The molecule has 0 radical (unpaired) electrons. The first-order chi connectivity index (χ1) is 12.6. The summed E-state index contributed by atoms with van der Waals surface area (Å²) in [4.78, 5) is 15.7. The van der Waals surface area contributed by atoms with E-state index in [1.165, 1.54) is 23.8 Å². The van der Waals surface area contributed by atoms with E-state index in [1.54, 1.807) is 19.0 Å². The van der Waals surface area contributed by atoms with Crippen LogP contribution in [0.2, 0.25) is 0 Å². The minimum absolute atomic E-state index is 0.187. The molecule has 1 unspecified atom stereocenters. The van der Waals surface area contributed by atoms with Gasteiger partial charge in [-0.1, -0.05) is 24.3 Å². The Balaban J connectivity index is 1.92. The molecule has 1 atom stereocenters. The summed E-state index contributed by atoms with van der Waals surface area (Å²) in [6.07, 6.45) is 4.76. The summed E-state index contributed by atoms with van der Waals surface area (Å²) in [6.45, 7) is 1.76. The number of benzene rings is 1. The molecule has 1 heterocycles. The molecule has 0 aliphatic heterocycles. The second-order valence-electron chi connectivity index (χ2n) is 6.39. The van der Waals surface area contributed by atoms with E-state index >= 15 is 0 Å². The second kappa shape index (κ2) is 8.10. The van der Waals surface area contributed by atoms with Crippen LogP contribution in [-0.2, 0) is 22.4 Å². The van der Waals surface area contributed by atoms with Crippen molar-refractivity contribution in [3.8, 4) is 11.3 Å². The molecule has 136 valence electrons. The third-order valence-electron chi connectivity index (χ3n) is 4.49. The molecule has 0 amide bonds. The number of aliphatic carboxylic acids is 1. The monoisotopic (exact) mass is 353 g/mol. The number of ether oxygens (including phenoxy) is 1. The summed E-state index contributed by atoms with van der Waals surface area (Å²) in [6, 6.07) is 12.1. The SMILES string of the molecule is COCN(/N=C\C(C)C(=O)O)c1cccc(-c2cccc3c2CCC3)n1. The van der Waals surface area contributed by atoms with Gasteiger partial charge in [0.05, 0.1) is 11.6 Å². The van der Waals surface area contributed by atoms with Gasteiger partial charge >= 0.3 is 5.97 Å². The molecular formula is C20H23N3O3. The molecule has 0 spiro atoms. The molecule has 2 aromatic rings. The van der Waals surface area contributed by atoms with Crippen LogP contribution in [0.5, 0.6) is 0 Å². The van der Waals surface area contributed by atoms with Crippen LogP contribution in [0.15, 0.2) is 41.5 Å². The van der Waals surface area contributed by atoms with Crippen LogP contribution in [0.25, 0.3) is 11.3 Å². The molecule has 6 heteroatoms. The van der Waals surface area contributed by atoms with Crippen molar-refractivity contribution in [1.29, 1.82) is 0 Å². The molecule has 1 aliphatic rings. The van der Waals surface area contributed by atoms with Crippen molar-refractivity contribution < 1.29 is 14.6 Å². The molecule has 1 aliphatic carbocycles. The van der Waals surface area contributed by atoms with Gasteiger partial charge in [0.15, 0.2) is 5.82 Å². The lowest BCUT2D eigenvalue weighted by Crippen LogP contribution is -2.22. The zero-order valence-electron chi connectivity index (χ0n) is 15.1. The number of anilines is 1. The van der Waals surface area contributed by atoms with Crippen molar-refractivity contribution in [3.05, 3.63) is 47.5 Å². The van der Waals surface area contributed by atoms with Gasteiger partial charge < -0.3 is 9.84 Å². The van der Waals surface area contributed by atoms with Crippen molar-refractivity contribution in [1.82, 2.24) is 4.98 Å². The number of carbonyl (C=O) groups is 1. The molecule has 1 aromatic carbocycles. The van der Waals surface area contributed by atoms with Gasteiger partial charge in [-0.25, -0.2) is 9.99 Å². The minimum atomic E-state index is -0.923. The van der Waals surface area contributed by atoms with Crippen molar-refractivity contribution in [2.24, 2.45) is 11.0 Å². The van der Waals surface area contributed by atoms with Crippen LogP contribution in [0, 0.1) is 5.92 Å². The maximum Gasteiger partial charge on any atom is 0.311 e. The Morgan fingerprint density at radius 2 is 2.15 bits per heavy atom. The lowest BCUT2D eigenvalue weighted by atomic mass is 10.0. The molecule has 0 fully saturated rings. The highest BCUT2D eigenvalue weighted by Crippen LogP contribution is 2.32. The highest BCUT2D eigenvalue weighted by Gasteiger charge is 2.17. The molecule has 0 saturated carbocycles. The van der Waals surface area contributed by atoms with Gasteiger partial charge in [-0.05, 0) is 49.4 Å². The topological polar surface area (TPSA) is 75.0 Å². The number of aryl methyl sites for hydroxylation is 1. The number of hydrogen-bond donors (Lipinski definition) is 1. The molecule has 0 bridgehead atoms. The Morgan fingerprint density at radius 3 is 2.92 bits per heavy atom. The van der Waals surface area contributed by atoms with Crippen molar-refractivity contribution in [2.45, 2.75) is 26.2 Å². The van der Waals surface area contributed by atoms with E-state index in [-0.39, 0.29) is 6.73 Å². The van der Waals surface area contributed by atoms with Gasteiger partial charge in [-0.3, -0.25) is 4.79 Å². The number of carboxylic acid groups (broad SMARTS) is 1. The smallest absolute Gasteiger partial charge is 0.311 e. The van der Waals surface area contributed by atoms with Gasteiger partial charge in [0.25, 0.3) is 0 Å². The molecule has 0 saturated heterocycles. The number of hydrazone groups is 1. The summed E-state index contributed by atoms with van der Waals surface area (Å²) >= 11 is 0. The Kier molecular flexibility index (Phi) is 5.63. The number of hydrogen-bond acceptors (Lipinski definition) is 5. The van der Waals surface area contributed by atoms with E-state index in [2.05, 4.69) is 23.3 Å². The second-order valence-corrected chi connectivity index (χ2v) is 6.39. The molecule has 1 N–H and O–H groups in total. The fourth-order valence-corrected chi connectivity index (χ4v) is 3.10. The Labute approximate surface area is 153 Å². The number of nitrogens with zero attached hydrogens (tertiary/aromatic N) is 3. The number of aromatic nitrogens is 1. The van der Waals surface area contributed by atoms with Crippen LogP contribution in [0.1, 0.15) is 24.5 Å². The maximum atomic E-state index is 11.0. The van der Waals surface area contributed by atoms with Crippen LogP contribution in [0.3, 0.4) is 0 Å². The van der Waals surface area contributed by atoms with Crippen LogP contribution in [0.4, 0.5) is 5.82 Å². The fraction of sp³-hybridized carbons (Fsp3) is 0.350. The first kappa shape index (κ1) is 18.1. The van der Waals surface area contributed by atoms with Gasteiger partial charge in [0, 0.05) is 18.9 Å². The molecule has 26 heavy (non-hydrogen) atoms. The first-order valence-electron chi connectivity index (χ1n) is 8.71. The average Bonchev–Trinajstić information content (AvgIpc) is 3.13. The first-order valence-corrected chi connectivity index (χ1v) is 8.71. The van der Waals surface area contributed by atoms with E-state index in [0.29, 0.717) is 5.82 Å². The van der Waals surface area contributed by atoms with E-state index in [0.717, 1.165) is 24.1 Å². The van der Waals surface area contributed by atoms with E-state index < -0.39 is 11.9 Å². The number of pyridine rings is 1. The predicted molar refractivity (Wildman–Crippen MR) is 101 cm³/mol. The summed E-state index contributed by atoms with van der Waals surface area (Å²) in [5.74, 6) is -0.989. The summed E-state index contributed by atoms with van der Waals surface area (Å²) in [5.41, 5.74) is 4.82. The third kappa shape index (κ3) is 3.91. The van der Waals surface area contributed by atoms with Crippen molar-refractivity contribution >= 4 is 18.0 Å². The molecule has 6 nitrogen and oxygen atoms in total. The van der Waals surface area contributed by atoms with Crippen molar-refractivity contribution in [3.63, 3.8) is 0 Å². The fourth-order valence-electron chi connectivity index (χ4n) is 3.10. The molecule has 3 rings (SSSR count). The van der Waals surface area contributed by atoms with Crippen LogP contribution >= 0.6 is 0 Å². The van der Waals surface area contributed by atoms with Gasteiger partial charge in [0.2, 0.25) is 0 Å². The van der Waals surface area contributed by atoms with Gasteiger partial charge in [-0.15, -0.1) is 0 Å². The van der Waals surface area contributed by atoms with E-state index in [4.69, 9.17) is 14.8 Å². The van der Waals surface area contributed by atoms with Crippen LogP contribution < -0.4 is 5.01 Å². The van der Waals surface area contributed by atoms with E-state index in [1.807, 2.05) is 18.2 Å². The number of carboxylic acids is 1. The molecule has 1 aromatic heterocycles. The standard InChI is InChI=1S/C20H23N3O3/c1-14(20(24)25)12-21-23(13-26-2)19-11-5-10-18(22-19)17-9-4-7-15-6-3-8-16(15)17/h4-5,7,9-12,14H,3,6,8,13H2,1-2H3,(H,24,25)/b21-12-.